The van der Waals surface area contributed by atoms with Crippen molar-refractivity contribution in [3.8, 4) is 0 Å². The maximum absolute atomic E-state index is 5.13. The summed E-state index contributed by atoms with van der Waals surface area (Å²) in [7, 11) is 1.68. The summed E-state index contributed by atoms with van der Waals surface area (Å²) in [5, 5.41) is 19.5. The lowest BCUT2D eigenvalue weighted by Crippen LogP contribution is -2.24. The van der Waals surface area contributed by atoms with E-state index in [0.717, 1.165) is 24.7 Å². The fourth-order valence-electron chi connectivity index (χ4n) is 1.54. The van der Waals surface area contributed by atoms with Crippen molar-refractivity contribution >= 4 is 11.8 Å². The molecular formula is C11H19N7O2S. The Balaban J connectivity index is 1.77. The maximum Gasteiger partial charge on any atom is 0.237 e. The number of aromatic nitrogens is 6. The molecule has 0 aliphatic heterocycles. The molecule has 9 nitrogen and oxygen atoms in total. The van der Waals surface area contributed by atoms with Crippen molar-refractivity contribution in [2.75, 3.05) is 26.8 Å². The first-order valence-corrected chi connectivity index (χ1v) is 7.72. The topological polar surface area (TPSA) is 104 Å². The molecule has 2 aromatic rings. The second-order valence-corrected chi connectivity index (χ2v) is 5.12. The standard InChI is InChI=1S/C11H19N7O2S/c1-3-9-13-10(20-15-9)8-21-11-14-16-17-18(11)6-4-12-5-7-19-2/h12H,3-8H2,1-2H3. The molecule has 2 aromatic heterocycles. The van der Waals surface area contributed by atoms with Gasteiger partial charge < -0.3 is 14.6 Å². The van der Waals surface area contributed by atoms with Crippen molar-refractivity contribution in [2.45, 2.75) is 30.8 Å². The lowest BCUT2D eigenvalue weighted by Gasteiger charge is -2.05. The summed E-state index contributed by atoms with van der Waals surface area (Å²) < 4.78 is 11.8. The van der Waals surface area contributed by atoms with Crippen LogP contribution in [0.5, 0.6) is 0 Å². The molecule has 116 valence electrons. The zero-order valence-electron chi connectivity index (χ0n) is 12.2. The Morgan fingerprint density at radius 1 is 1.38 bits per heavy atom. The van der Waals surface area contributed by atoms with Crippen LogP contribution < -0.4 is 5.32 Å². The van der Waals surface area contributed by atoms with E-state index in [2.05, 4.69) is 31.0 Å². The van der Waals surface area contributed by atoms with E-state index < -0.39 is 0 Å². The van der Waals surface area contributed by atoms with E-state index in [-0.39, 0.29) is 0 Å². The van der Waals surface area contributed by atoms with E-state index in [9.17, 15) is 0 Å². The van der Waals surface area contributed by atoms with Crippen molar-refractivity contribution in [1.29, 1.82) is 0 Å². The molecule has 0 saturated carbocycles. The molecule has 0 atom stereocenters. The zero-order valence-corrected chi connectivity index (χ0v) is 13.0. The third-order valence-electron chi connectivity index (χ3n) is 2.63. The Bertz CT molecular complexity index is 530. The number of hydrogen-bond donors (Lipinski definition) is 1. The van der Waals surface area contributed by atoms with Gasteiger partial charge in [0.2, 0.25) is 11.0 Å². The largest absolute Gasteiger partial charge is 0.383 e. The van der Waals surface area contributed by atoms with Crippen molar-refractivity contribution in [2.24, 2.45) is 0 Å². The summed E-state index contributed by atoms with van der Waals surface area (Å²) in [6, 6.07) is 0. The van der Waals surface area contributed by atoms with Crippen LogP contribution in [0.1, 0.15) is 18.6 Å². The Labute approximate surface area is 126 Å². The van der Waals surface area contributed by atoms with E-state index in [1.807, 2.05) is 6.92 Å². The highest BCUT2D eigenvalue weighted by Gasteiger charge is 2.10. The van der Waals surface area contributed by atoms with Crippen molar-refractivity contribution in [3.05, 3.63) is 11.7 Å². The monoisotopic (exact) mass is 313 g/mol. The predicted molar refractivity (Wildman–Crippen MR) is 75.8 cm³/mol. The second-order valence-electron chi connectivity index (χ2n) is 4.17. The fourth-order valence-corrected chi connectivity index (χ4v) is 2.28. The van der Waals surface area contributed by atoms with Gasteiger partial charge in [-0.1, -0.05) is 23.8 Å². The number of methoxy groups -OCH3 is 1. The van der Waals surface area contributed by atoms with Crippen LogP contribution in [0.2, 0.25) is 0 Å². The number of tetrazole rings is 1. The summed E-state index contributed by atoms with van der Waals surface area (Å²) in [6.45, 7) is 4.96. The van der Waals surface area contributed by atoms with Crippen LogP contribution in [0.3, 0.4) is 0 Å². The molecular weight excluding hydrogens is 294 g/mol. The van der Waals surface area contributed by atoms with Crippen LogP contribution in [0, 0.1) is 0 Å². The predicted octanol–water partition coefficient (Wildman–Crippen LogP) is 0.147. The average molecular weight is 313 g/mol. The first-order valence-electron chi connectivity index (χ1n) is 6.73. The molecule has 0 bridgehead atoms. The summed E-state index contributed by atoms with van der Waals surface area (Å²) in [6.07, 6.45) is 0.763. The van der Waals surface area contributed by atoms with Gasteiger partial charge in [0, 0.05) is 26.6 Å². The van der Waals surface area contributed by atoms with Crippen molar-refractivity contribution in [3.63, 3.8) is 0 Å². The Morgan fingerprint density at radius 3 is 3.05 bits per heavy atom. The minimum absolute atomic E-state index is 0.560. The van der Waals surface area contributed by atoms with Crippen LogP contribution in [0.25, 0.3) is 0 Å². The smallest absolute Gasteiger partial charge is 0.237 e. The molecule has 0 unspecified atom stereocenters. The van der Waals surface area contributed by atoms with E-state index in [1.54, 1.807) is 11.8 Å². The highest BCUT2D eigenvalue weighted by molar-refractivity contribution is 7.98. The molecule has 2 rings (SSSR count). The van der Waals surface area contributed by atoms with Gasteiger partial charge in [0.05, 0.1) is 18.9 Å². The molecule has 0 aliphatic rings. The summed E-state index contributed by atoms with van der Waals surface area (Å²) in [5.41, 5.74) is 0. The zero-order chi connectivity index (χ0) is 14.9. The van der Waals surface area contributed by atoms with Crippen LogP contribution in [0.4, 0.5) is 0 Å². The highest BCUT2D eigenvalue weighted by atomic mass is 32.2. The first-order chi connectivity index (χ1) is 10.3. The van der Waals surface area contributed by atoms with Gasteiger partial charge in [0.25, 0.3) is 0 Å². The van der Waals surface area contributed by atoms with Gasteiger partial charge in [0.1, 0.15) is 0 Å². The molecule has 0 fully saturated rings. The SMILES string of the molecule is CCc1noc(CSc2nnnn2CCNCCOC)n1. The van der Waals surface area contributed by atoms with E-state index in [1.165, 1.54) is 11.8 Å². The van der Waals surface area contributed by atoms with Crippen LogP contribution in [0.15, 0.2) is 9.68 Å². The molecule has 0 aromatic carbocycles. The molecule has 0 saturated heterocycles. The lowest BCUT2D eigenvalue weighted by atomic mass is 10.5. The number of aryl methyl sites for hydroxylation is 1. The Morgan fingerprint density at radius 2 is 2.29 bits per heavy atom. The summed E-state index contributed by atoms with van der Waals surface area (Å²) in [4.78, 5) is 4.25. The second kappa shape index (κ2) is 8.70. The molecule has 2 heterocycles. The van der Waals surface area contributed by atoms with Gasteiger partial charge in [0.15, 0.2) is 5.82 Å². The first kappa shape index (κ1) is 15.9. The number of nitrogens with zero attached hydrogens (tertiary/aromatic N) is 6. The molecule has 0 amide bonds. The van der Waals surface area contributed by atoms with Gasteiger partial charge in [-0.25, -0.2) is 4.68 Å². The quantitative estimate of drug-likeness (QED) is 0.484. The molecule has 0 radical (unpaired) electrons. The number of hydrogen-bond acceptors (Lipinski definition) is 9. The van der Waals surface area contributed by atoms with Gasteiger partial charge in [-0.05, 0) is 10.4 Å². The van der Waals surface area contributed by atoms with Crippen LogP contribution >= 0.6 is 11.8 Å². The fraction of sp³-hybridized carbons (Fsp3) is 0.727. The molecule has 0 spiro atoms. The molecule has 21 heavy (non-hydrogen) atoms. The van der Waals surface area contributed by atoms with Crippen LogP contribution in [-0.2, 0) is 23.5 Å². The maximum atomic E-state index is 5.13. The molecule has 1 N–H and O–H groups in total. The number of thioether (sulfide) groups is 1. The average Bonchev–Trinajstić information content (AvgIpc) is 3.13. The van der Waals surface area contributed by atoms with Crippen molar-refractivity contribution < 1.29 is 9.26 Å². The molecule has 10 heteroatoms. The van der Waals surface area contributed by atoms with E-state index in [0.29, 0.717) is 30.6 Å². The third-order valence-corrected chi connectivity index (χ3v) is 3.58. The van der Waals surface area contributed by atoms with Crippen molar-refractivity contribution in [1.82, 2.24) is 35.7 Å². The molecule has 0 aliphatic carbocycles. The van der Waals surface area contributed by atoms with Crippen LogP contribution in [-0.4, -0.2) is 57.2 Å². The van der Waals surface area contributed by atoms with Gasteiger partial charge in [-0.15, -0.1) is 5.10 Å². The minimum atomic E-state index is 0.560. The van der Waals surface area contributed by atoms with E-state index >= 15 is 0 Å². The lowest BCUT2D eigenvalue weighted by molar-refractivity contribution is 0.199. The number of nitrogens with one attached hydrogen (secondary N) is 1. The van der Waals surface area contributed by atoms with Gasteiger partial charge in [-0.3, -0.25) is 0 Å². The Kier molecular flexibility index (Phi) is 6.57. The minimum Gasteiger partial charge on any atom is -0.383 e. The third kappa shape index (κ3) is 5.06. The van der Waals surface area contributed by atoms with Gasteiger partial charge >= 0.3 is 0 Å². The highest BCUT2D eigenvalue weighted by Crippen LogP contribution is 2.18. The normalized spacial score (nSPS) is 11.1. The number of ether oxygens (including phenoxy) is 1. The summed E-state index contributed by atoms with van der Waals surface area (Å²) in [5.74, 6) is 1.86. The van der Waals surface area contributed by atoms with Gasteiger partial charge in [-0.2, -0.15) is 4.98 Å². The number of rotatable bonds is 10. The summed E-state index contributed by atoms with van der Waals surface area (Å²) >= 11 is 1.48. The van der Waals surface area contributed by atoms with E-state index in [4.69, 9.17) is 9.26 Å². The Hall–Kier alpha value is -1.52.